The summed E-state index contributed by atoms with van der Waals surface area (Å²) in [6, 6.07) is 11.7. The van der Waals surface area contributed by atoms with Gasteiger partial charge in [0.05, 0.1) is 22.6 Å². The van der Waals surface area contributed by atoms with Crippen molar-refractivity contribution < 1.29 is 5.11 Å². The van der Waals surface area contributed by atoms with Crippen LogP contribution >= 0.6 is 23.2 Å². The molecule has 0 fully saturated rings. The lowest BCUT2D eigenvalue weighted by Gasteiger charge is -2.10. The number of anilines is 1. The summed E-state index contributed by atoms with van der Waals surface area (Å²) in [5.74, 6) is -0.530. The maximum atomic E-state index is 12.2. The van der Waals surface area contributed by atoms with Crippen molar-refractivity contribution in [3.63, 3.8) is 0 Å². The number of aromatic nitrogens is 2. The van der Waals surface area contributed by atoms with Crippen molar-refractivity contribution in [1.82, 2.24) is 9.55 Å². The van der Waals surface area contributed by atoms with Crippen LogP contribution in [0.5, 0.6) is 5.88 Å². The second kappa shape index (κ2) is 7.69. The fourth-order valence-corrected chi connectivity index (χ4v) is 2.74. The molecule has 9 heteroatoms. The molecule has 0 saturated heterocycles. The molecule has 0 aliphatic heterocycles. The summed E-state index contributed by atoms with van der Waals surface area (Å²) in [5, 5.41) is 15.2. The lowest BCUT2D eigenvalue weighted by molar-refractivity contribution is 0.430. The summed E-state index contributed by atoms with van der Waals surface area (Å²) >= 11 is 11.9. The fourth-order valence-electron chi connectivity index (χ4n) is 2.41. The van der Waals surface area contributed by atoms with Crippen LogP contribution in [0.2, 0.25) is 10.0 Å². The highest BCUT2D eigenvalue weighted by Gasteiger charge is 2.14. The van der Waals surface area contributed by atoms with Crippen molar-refractivity contribution in [2.75, 3.05) is 5.43 Å². The van der Waals surface area contributed by atoms with Crippen molar-refractivity contribution in [3.8, 4) is 11.6 Å². The quantitative estimate of drug-likeness (QED) is 0.458. The average molecular weight is 405 g/mol. The van der Waals surface area contributed by atoms with Crippen molar-refractivity contribution in [3.05, 3.63) is 84.5 Å². The van der Waals surface area contributed by atoms with E-state index in [9.17, 15) is 14.7 Å². The third-order valence-electron chi connectivity index (χ3n) is 3.69. The molecule has 0 bridgehead atoms. The fraction of sp³-hybridized carbons (Fsp3) is 0.0556. The topological polar surface area (TPSA) is 99.5 Å². The maximum Gasteiger partial charge on any atom is 0.335 e. The Morgan fingerprint density at radius 1 is 1.19 bits per heavy atom. The van der Waals surface area contributed by atoms with E-state index in [-0.39, 0.29) is 5.56 Å². The van der Waals surface area contributed by atoms with Gasteiger partial charge in [0, 0.05) is 5.02 Å². The normalized spacial score (nSPS) is 11.1. The minimum atomic E-state index is -0.774. The predicted molar refractivity (Wildman–Crippen MR) is 107 cm³/mol. The lowest BCUT2D eigenvalue weighted by atomic mass is 10.2. The Hall–Kier alpha value is -3.03. The van der Waals surface area contributed by atoms with Gasteiger partial charge >= 0.3 is 5.69 Å². The van der Waals surface area contributed by atoms with Crippen molar-refractivity contribution in [2.45, 2.75) is 6.92 Å². The minimum absolute atomic E-state index is 0.193. The van der Waals surface area contributed by atoms with Gasteiger partial charge in [-0.05, 0) is 42.8 Å². The number of rotatable bonds is 4. The molecule has 3 aromatic rings. The summed E-state index contributed by atoms with van der Waals surface area (Å²) in [5.41, 5.74) is 2.63. The number of aromatic hydroxyl groups is 1. The van der Waals surface area contributed by atoms with E-state index in [0.29, 0.717) is 21.4 Å². The number of aryl methyl sites for hydroxylation is 1. The zero-order valence-electron chi connectivity index (χ0n) is 14.0. The molecule has 0 aliphatic carbocycles. The second-order valence-electron chi connectivity index (χ2n) is 5.67. The third-order valence-corrected chi connectivity index (χ3v) is 4.25. The number of nitrogens with one attached hydrogen (secondary N) is 2. The van der Waals surface area contributed by atoms with Gasteiger partial charge in [-0.15, -0.1) is 0 Å². The molecule has 27 heavy (non-hydrogen) atoms. The number of benzene rings is 2. The molecule has 2 aromatic carbocycles. The molecule has 0 radical (unpaired) electrons. The van der Waals surface area contributed by atoms with Crippen molar-refractivity contribution in [2.24, 2.45) is 5.10 Å². The van der Waals surface area contributed by atoms with Gasteiger partial charge in [-0.25, -0.2) is 9.36 Å². The van der Waals surface area contributed by atoms with Crippen LogP contribution in [0.25, 0.3) is 5.69 Å². The number of halogens is 2. The molecule has 0 atom stereocenters. The average Bonchev–Trinajstić information content (AvgIpc) is 2.60. The second-order valence-corrected chi connectivity index (χ2v) is 6.51. The summed E-state index contributed by atoms with van der Waals surface area (Å²) in [6.07, 6.45) is 1.09. The van der Waals surface area contributed by atoms with Gasteiger partial charge < -0.3 is 5.11 Å². The van der Waals surface area contributed by atoms with E-state index in [1.165, 1.54) is 0 Å². The molecular weight excluding hydrogens is 391 g/mol. The molecule has 0 amide bonds. The van der Waals surface area contributed by atoms with E-state index in [4.69, 9.17) is 23.2 Å². The molecule has 0 saturated carbocycles. The van der Waals surface area contributed by atoms with E-state index in [1.807, 2.05) is 13.0 Å². The van der Waals surface area contributed by atoms with E-state index in [0.717, 1.165) is 16.3 Å². The first-order chi connectivity index (χ1) is 12.9. The Kier molecular flexibility index (Phi) is 5.34. The first kappa shape index (κ1) is 18.8. The highest BCUT2D eigenvalue weighted by Crippen LogP contribution is 2.25. The van der Waals surface area contributed by atoms with Gasteiger partial charge in [0.2, 0.25) is 5.88 Å². The molecule has 1 heterocycles. The van der Waals surface area contributed by atoms with Crippen LogP contribution in [0.3, 0.4) is 0 Å². The summed E-state index contributed by atoms with van der Waals surface area (Å²) in [4.78, 5) is 26.4. The largest absolute Gasteiger partial charge is 0.493 e. The van der Waals surface area contributed by atoms with E-state index >= 15 is 0 Å². The molecule has 7 nitrogen and oxygen atoms in total. The zero-order chi connectivity index (χ0) is 19.6. The monoisotopic (exact) mass is 404 g/mol. The standard InChI is InChI=1S/C18H14Cl2N4O3/c1-10-3-2-4-12(7-10)24-17(26)13(16(25)22-18(24)27)9-21-23-15-8-11(19)5-6-14(15)20/h2-9,23,26H,1H3,(H,22,25,27). The SMILES string of the molecule is Cc1cccc(-n2c(O)c(C=NNc3cc(Cl)ccc3Cl)c(=O)[nH]c2=O)c1. The van der Waals surface area contributed by atoms with Crippen LogP contribution in [-0.4, -0.2) is 20.9 Å². The first-order valence-corrected chi connectivity index (χ1v) is 8.52. The Labute approximate surface area is 163 Å². The smallest absolute Gasteiger partial charge is 0.335 e. The minimum Gasteiger partial charge on any atom is -0.493 e. The van der Waals surface area contributed by atoms with E-state index in [2.05, 4.69) is 15.5 Å². The predicted octanol–water partition coefficient (Wildman–Crippen LogP) is 3.29. The van der Waals surface area contributed by atoms with E-state index < -0.39 is 17.1 Å². The van der Waals surface area contributed by atoms with Crippen molar-refractivity contribution >= 4 is 35.1 Å². The van der Waals surface area contributed by atoms with Crippen LogP contribution in [0.4, 0.5) is 5.69 Å². The number of hydrogen-bond acceptors (Lipinski definition) is 5. The maximum absolute atomic E-state index is 12.2. The number of aromatic amines is 1. The Morgan fingerprint density at radius 2 is 1.96 bits per heavy atom. The number of hydrogen-bond donors (Lipinski definition) is 3. The van der Waals surface area contributed by atoms with Crippen LogP contribution in [-0.2, 0) is 0 Å². The van der Waals surface area contributed by atoms with Crippen LogP contribution in [0.15, 0.2) is 57.2 Å². The Morgan fingerprint density at radius 3 is 2.70 bits per heavy atom. The molecule has 0 aliphatic rings. The van der Waals surface area contributed by atoms with Gasteiger partial charge in [-0.2, -0.15) is 5.10 Å². The lowest BCUT2D eigenvalue weighted by Crippen LogP contribution is -2.31. The molecule has 3 N–H and O–H groups in total. The number of hydrazone groups is 1. The first-order valence-electron chi connectivity index (χ1n) is 7.76. The number of H-pyrrole nitrogens is 1. The molecular formula is C18H14Cl2N4O3. The molecule has 3 rings (SSSR count). The summed E-state index contributed by atoms with van der Waals surface area (Å²) < 4.78 is 0.988. The van der Waals surface area contributed by atoms with Crippen LogP contribution in [0, 0.1) is 6.92 Å². The Bertz CT molecular complexity index is 1150. The summed E-state index contributed by atoms with van der Waals surface area (Å²) in [7, 11) is 0. The van der Waals surface area contributed by atoms with Gasteiger partial charge in [0.15, 0.2) is 0 Å². The van der Waals surface area contributed by atoms with E-state index in [1.54, 1.807) is 36.4 Å². The Balaban J connectivity index is 2.01. The van der Waals surface area contributed by atoms with Gasteiger partial charge in [0.25, 0.3) is 5.56 Å². The highest BCUT2D eigenvalue weighted by atomic mass is 35.5. The van der Waals surface area contributed by atoms with Crippen molar-refractivity contribution in [1.29, 1.82) is 0 Å². The molecule has 1 aromatic heterocycles. The van der Waals surface area contributed by atoms with Crippen LogP contribution in [0.1, 0.15) is 11.1 Å². The highest BCUT2D eigenvalue weighted by molar-refractivity contribution is 6.35. The zero-order valence-corrected chi connectivity index (χ0v) is 15.5. The molecule has 0 spiro atoms. The third kappa shape index (κ3) is 4.05. The number of nitrogens with zero attached hydrogens (tertiary/aromatic N) is 2. The van der Waals surface area contributed by atoms with Gasteiger partial charge in [-0.3, -0.25) is 15.2 Å². The summed E-state index contributed by atoms with van der Waals surface area (Å²) in [6.45, 7) is 1.85. The van der Waals surface area contributed by atoms with Gasteiger partial charge in [-0.1, -0.05) is 35.3 Å². The molecule has 0 unspecified atom stereocenters. The van der Waals surface area contributed by atoms with Crippen LogP contribution < -0.4 is 16.7 Å². The molecule has 138 valence electrons. The van der Waals surface area contributed by atoms with Gasteiger partial charge in [0.1, 0.15) is 5.56 Å².